The smallest absolute Gasteiger partial charge is 0.286 e. The Bertz CT molecular complexity index is 604. The standard InChI is InChI=1S/C14H20F3N5O3/c1-13(2,3)6-9(7-22(25)8-23)11(24)20-21-12-18-5-4-10(19-12)14(15,16)17/h4-5,8-9,25H,6-7H2,1-3H3,(H,20,24)(H,18,19,21)/t9-/m0/s1. The fourth-order valence-corrected chi connectivity index (χ4v) is 2.04. The van der Waals surface area contributed by atoms with Crippen LogP contribution in [0, 0.1) is 11.3 Å². The van der Waals surface area contributed by atoms with Gasteiger partial charge in [0, 0.05) is 6.20 Å². The Kier molecular flexibility index (Phi) is 6.68. The van der Waals surface area contributed by atoms with Crippen LogP contribution in [0.15, 0.2) is 12.3 Å². The molecular weight excluding hydrogens is 343 g/mol. The van der Waals surface area contributed by atoms with Gasteiger partial charge in [-0.1, -0.05) is 20.8 Å². The highest BCUT2D eigenvalue weighted by Crippen LogP contribution is 2.27. The van der Waals surface area contributed by atoms with Crippen LogP contribution in [-0.2, 0) is 15.8 Å². The van der Waals surface area contributed by atoms with Crippen LogP contribution in [0.25, 0.3) is 0 Å². The van der Waals surface area contributed by atoms with Crippen molar-refractivity contribution < 1.29 is 28.0 Å². The summed E-state index contributed by atoms with van der Waals surface area (Å²) in [4.78, 5) is 29.6. The van der Waals surface area contributed by atoms with Crippen LogP contribution < -0.4 is 10.9 Å². The molecule has 11 heteroatoms. The van der Waals surface area contributed by atoms with Gasteiger partial charge in [-0.3, -0.25) is 25.6 Å². The second-order valence-corrected chi connectivity index (χ2v) is 6.57. The van der Waals surface area contributed by atoms with Crippen molar-refractivity contribution in [3.05, 3.63) is 18.0 Å². The molecule has 25 heavy (non-hydrogen) atoms. The molecule has 0 aromatic carbocycles. The maximum absolute atomic E-state index is 12.6. The molecule has 0 fully saturated rings. The Hall–Kier alpha value is -2.43. The normalized spacial score (nSPS) is 13.1. The number of nitrogens with zero attached hydrogens (tertiary/aromatic N) is 3. The van der Waals surface area contributed by atoms with E-state index in [1.807, 2.05) is 20.8 Å². The molecule has 140 valence electrons. The number of alkyl halides is 3. The second-order valence-electron chi connectivity index (χ2n) is 6.57. The number of hydroxylamine groups is 2. The van der Waals surface area contributed by atoms with Crippen molar-refractivity contribution in [3.63, 3.8) is 0 Å². The fraction of sp³-hybridized carbons (Fsp3) is 0.571. The lowest BCUT2D eigenvalue weighted by Gasteiger charge is -2.26. The van der Waals surface area contributed by atoms with Crippen LogP contribution in [0.2, 0.25) is 0 Å². The first kappa shape index (κ1) is 20.6. The minimum absolute atomic E-state index is 0.159. The Balaban J connectivity index is 2.78. The molecule has 1 rings (SSSR count). The van der Waals surface area contributed by atoms with E-state index in [0.29, 0.717) is 17.6 Å². The van der Waals surface area contributed by atoms with E-state index in [2.05, 4.69) is 20.8 Å². The summed E-state index contributed by atoms with van der Waals surface area (Å²) in [5.41, 5.74) is 2.95. The molecule has 0 unspecified atom stereocenters. The molecule has 3 N–H and O–H groups in total. The third-order valence-electron chi connectivity index (χ3n) is 3.00. The Labute approximate surface area is 142 Å². The first-order valence-electron chi connectivity index (χ1n) is 7.29. The van der Waals surface area contributed by atoms with Gasteiger partial charge in [-0.25, -0.2) is 15.0 Å². The maximum atomic E-state index is 12.6. The lowest BCUT2D eigenvalue weighted by atomic mass is 9.84. The van der Waals surface area contributed by atoms with Gasteiger partial charge in [0.25, 0.3) is 0 Å². The van der Waals surface area contributed by atoms with Gasteiger partial charge in [-0.15, -0.1) is 0 Å². The summed E-state index contributed by atoms with van der Waals surface area (Å²) in [5, 5.41) is 9.63. The predicted molar refractivity (Wildman–Crippen MR) is 80.9 cm³/mol. The Morgan fingerprint density at radius 2 is 2.04 bits per heavy atom. The van der Waals surface area contributed by atoms with Crippen molar-refractivity contribution >= 4 is 18.3 Å². The minimum Gasteiger partial charge on any atom is -0.286 e. The lowest BCUT2D eigenvalue weighted by molar-refractivity contribution is -0.155. The SMILES string of the molecule is CC(C)(C)C[C@@H](CN(O)C=O)C(=O)NNc1nccc(C(F)(F)F)n1. The van der Waals surface area contributed by atoms with E-state index in [4.69, 9.17) is 0 Å². The number of carbonyl (C=O) groups excluding carboxylic acids is 2. The molecule has 0 bridgehead atoms. The number of aromatic nitrogens is 2. The summed E-state index contributed by atoms with van der Waals surface area (Å²) in [6.45, 7) is 5.31. The summed E-state index contributed by atoms with van der Waals surface area (Å²) < 4.78 is 37.8. The Morgan fingerprint density at radius 1 is 1.40 bits per heavy atom. The number of rotatable bonds is 7. The molecular formula is C14H20F3N5O3. The van der Waals surface area contributed by atoms with E-state index >= 15 is 0 Å². The number of amides is 2. The first-order chi connectivity index (χ1) is 11.4. The molecule has 0 aliphatic rings. The third kappa shape index (κ3) is 7.33. The highest BCUT2D eigenvalue weighted by molar-refractivity contribution is 5.80. The van der Waals surface area contributed by atoms with E-state index < -0.39 is 29.6 Å². The van der Waals surface area contributed by atoms with E-state index in [-0.39, 0.29) is 18.4 Å². The van der Waals surface area contributed by atoms with Crippen LogP contribution in [-0.4, -0.2) is 39.1 Å². The first-order valence-corrected chi connectivity index (χ1v) is 7.29. The summed E-state index contributed by atoms with van der Waals surface area (Å²) in [7, 11) is 0. The highest BCUT2D eigenvalue weighted by atomic mass is 19.4. The molecule has 1 aromatic heterocycles. The zero-order valence-corrected chi connectivity index (χ0v) is 14.0. The lowest BCUT2D eigenvalue weighted by Crippen LogP contribution is -2.42. The van der Waals surface area contributed by atoms with Gasteiger partial charge in [-0.05, 0) is 17.9 Å². The van der Waals surface area contributed by atoms with Crippen LogP contribution in [0.5, 0.6) is 0 Å². The van der Waals surface area contributed by atoms with Crippen molar-refractivity contribution in [2.24, 2.45) is 11.3 Å². The van der Waals surface area contributed by atoms with Gasteiger partial charge in [0.05, 0.1) is 12.5 Å². The van der Waals surface area contributed by atoms with Crippen molar-refractivity contribution in [1.82, 2.24) is 20.5 Å². The van der Waals surface area contributed by atoms with Crippen molar-refractivity contribution in [2.45, 2.75) is 33.4 Å². The molecule has 0 radical (unpaired) electrons. The monoisotopic (exact) mass is 363 g/mol. The predicted octanol–water partition coefficient (Wildman–Crippen LogP) is 1.84. The topological polar surface area (TPSA) is 107 Å². The number of carbonyl (C=O) groups is 2. The number of hydrazine groups is 1. The highest BCUT2D eigenvalue weighted by Gasteiger charge is 2.33. The molecule has 1 heterocycles. The zero-order chi connectivity index (χ0) is 19.3. The van der Waals surface area contributed by atoms with Crippen LogP contribution in [0.3, 0.4) is 0 Å². The third-order valence-corrected chi connectivity index (χ3v) is 3.00. The molecule has 0 aliphatic carbocycles. The Morgan fingerprint density at radius 3 is 2.56 bits per heavy atom. The average molecular weight is 363 g/mol. The van der Waals surface area contributed by atoms with E-state index in [9.17, 15) is 28.0 Å². The van der Waals surface area contributed by atoms with Crippen LogP contribution >= 0.6 is 0 Å². The molecule has 0 aliphatic heterocycles. The molecule has 8 nitrogen and oxygen atoms in total. The van der Waals surface area contributed by atoms with Crippen molar-refractivity contribution in [2.75, 3.05) is 12.0 Å². The van der Waals surface area contributed by atoms with Crippen molar-refractivity contribution in [3.8, 4) is 0 Å². The minimum atomic E-state index is -4.64. The van der Waals surface area contributed by atoms with E-state index in [0.717, 1.165) is 6.20 Å². The average Bonchev–Trinajstić information content (AvgIpc) is 2.50. The number of hydrogen-bond donors (Lipinski definition) is 3. The van der Waals surface area contributed by atoms with E-state index in [1.165, 1.54) is 0 Å². The number of anilines is 1. The maximum Gasteiger partial charge on any atom is 0.433 e. The van der Waals surface area contributed by atoms with Gasteiger partial charge in [0.15, 0.2) is 0 Å². The van der Waals surface area contributed by atoms with E-state index in [1.54, 1.807) is 0 Å². The number of hydrogen-bond acceptors (Lipinski definition) is 6. The quantitative estimate of drug-likeness (QED) is 0.388. The molecule has 0 saturated carbocycles. The zero-order valence-electron chi connectivity index (χ0n) is 14.0. The number of halogens is 3. The fourth-order valence-electron chi connectivity index (χ4n) is 2.04. The summed E-state index contributed by atoms with van der Waals surface area (Å²) in [6, 6.07) is 0.698. The second kappa shape index (κ2) is 8.10. The van der Waals surface area contributed by atoms with Gasteiger partial charge < -0.3 is 0 Å². The van der Waals surface area contributed by atoms with Gasteiger partial charge >= 0.3 is 6.18 Å². The van der Waals surface area contributed by atoms with Crippen LogP contribution in [0.4, 0.5) is 19.1 Å². The van der Waals surface area contributed by atoms with Crippen molar-refractivity contribution in [1.29, 1.82) is 0 Å². The molecule has 0 spiro atoms. The van der Waals surface area contributed by atoms with Gasteiger partial charge in [0.1, 0.15) is 5.69 Å². The molecule has 1 atom stereocenters. The van der Waals surface area contributed by atoms with Gasteiger partial charge in [-0.2, -0.15) is 13.2 Å². The van der Waals surface area contributed by atoms with Crippen LogP contribution in [0.1, 0.15) is 32.9 Å². The largest absolute Gasteiger partial charge is 0.433 e. The summed E-state index contributed by atoms with van der Waals surface area (Å²) in [5.74, 6) is -1.86. The molecule has 1 aromatic rings. The molecule has 2 amide bonds. The summed E-state index contributed by atoms with van der Waals surface area (Å²) >= 11 is 0. The molecule has 0 saturated heterocycles. The van der Waals surface area contributed by atoms with Gasteiger partial charge in [0.2, 0.25) is 18.3 Å². The number of nitrogens with one attached hydrogen (secondary N) is 2. The summed E-state index contributed by atoms with van der Waals surface area (Å²) in [6.07, 6.45) is -3.26.